The highest BCUT2D eigenvalue weighted by molar-refractivity contribution is 7.07. The molecule has 0 bridgehead atoms. The molecule has 0 aliphatic rings. The van der Waals surface area contributed by atoms with Crippen molar-refractivity contribution in [1.82, 2.24) is 4.57 Å². The highest BCUT2D eigenvalue weighted by Crippen LogP contribution is 2.12. The Morgan fingerprint density at radius 2 is 1.81 bits per heavy atom. The molecule has 3 aromatic rings. The summed E-state index contributed by atoms with van der Waals surface area (Å²) in [4.78, 5) is 13.1. The summed E-state index contributed by atoms with van der Waals surface area (Å²) in [5.41, 5.74) is 1.80. The first-order valence-corrected chi connectivity index (χ1v) is 9.02. The minimum Gasteiger partial charge on any atom is -0.267 e. The van der Waals surface area contributed by atoms with Crippen LogP contribution in [-0.4, -0.2) is 4.57 Å². The van der Waals surface area contributed by atoms with Crippen molar-refractivity contribution >= 4 is 23.0 Å². The zero-order valence-corrected chi connectivity index (χ0v) is 15.3. The molecular formula is C21H14FN3OS. The van der Waals surface area contributed by atoms with E-state index in [0.717, 1.165) is 16.9 Å². The van der Waals surface area contributed by atoms with Gasteiger partial charge < -0.3 is 0 Å². The number of thiazole rings is 1. The molecule has 0 N–H and O–H groups in total. The standard InChI is InChI=1S/C21H14FN3OS/c1-2-15-5-3-4-6-18(15)25-20(26)19(27-21(25)16(12-23)13-24)11-14-7-9-17(22)10-8-14/h3-11H,2H2,1H3/b19-11+. The molecule has 27 heavy (non-hydrogen) atoms. The van der Waals surface area contributed by atoms with Gasteiger partial charge in [-0.05, 0) is 41.8 Å². The van der Waals surface area contributed by atoms with E-state index < -0.39 is 0 Å². The maximum atomic E-state index is 13.1. The molecule has 0 spiro atoms. The van der Waals surface area contributed by atoms with Gasteiger partial charge in [0.2, 0.25) is 0 Å². The summed E-state index contributed by atoms with van der Waals surface area (Å²) in [7, 11) is 0. The third-order valence-electron chi connectivity index (χ3n) is 4.04. The van der Waals surface area contributed by atoms with Crippen LogP contribution in [0, 0.1) is 28.5 Å². The van der Waals surface area contributed by atoms with E-state index in [-0.39, 0.29) is 16.9 Å². The lowest BCUT2D eigenvalue weighted by atomic mass is 10.1. The fourth-order valence-corrected chi connectivity index (χ4v) is 3.78. The van der Waals surface area contributed by atoms with Gasteiger partial charge in [0.05, 0.1) is 10.2 Å². The lowest BCUT2D eigenvalue weighted by molar-refractivity contribution is 0.628. The van der Waals surface area contributed by atoms with Crippen molar-refractivity contribution in [1.29, 1.82) is 10.5 Å². The quantitative estimate of drug-likeness (QED) is 0.707. The molecule has 4 nitrogen and oxygen atoms in total. The normalized spacial score (nSPS) is 11.0. The number of hydrogen-bond acceptors (Lipinski definition) is 4. The van der Waals surface area contributed by atoms with E-state index in [9.17, 15) is 19.7 Å². The Bertz CT molecular complexity index is 1240. The van der Waals surface area contributed by atoms with E-state index in [1.165, 1.54) is 16.7 Å². The molecule has 6 heteroatoms. The summed E-state index contributed by atoms with van der Waals surface area (Å²) in [5, 5.41) is 18.7. The third-order valence-corrected chi connectivity index (χ3v) is 5.13. The number of halogens is 1. The van der Waals surface area contributed by atoms with Crippen molar-refractivity contribution in [3.8, 4) is 17.8 Å². The van der Waals surface area contributed by atoms with Crippen molar-refractivity contribution < 1.29 is 4.39 Å². The van der Waals surface area contributed by atoms with E-state index >= 15 is 0 Å². The van der Waals surface area contributed by atoms with Crippen LogP contribution in [0.25, 0.3) is 17.3 Å². The fourth-order valence-electron chi connectivity index (χ4n) is 2.73. The number of rotatable bonds is 3. The van der Waals surface area contributed by atoms with Crippen molar-refractivity contribution in [2.45, 2.75) is 13.3 Å². The van der Waals surface area contributed by atoms with Crippen LogP contribution in [0.3, 0.4) is 0 Å². The molecule has 0 saturated heterocycles. The SMILES string of the molecule is CCc1ccccc1-n1c(=C(C#N)C#N)s/c(=C/c2ccc(F)cc2)c1=O. The average Bonchev–Trinajstić information content (AvgIpc) is 3.00. The summed E-state index contributed by atoms with van der Waals surface area (Å²) in [6, 6.07) is 16.9. The molecule has 3 rings (SSSR count). The van der Waals surface area contributed by atoms with Gasteiger partial charge in [-0.1, -0.05) is 37.3 Å². The van der Waals surface area contributed by atoms with E-state index in [0.29, 0.717) is 26.9 Å². The van der Waals surface area contributed by atoms with Crippen molar-refractivity contribution in [3.63, 3.8) is 0 Å². The van der Waals surface area contributed by atoms with Gasteiger partial charge in [-0.2, -0.15) is 10.5 Å². The minimum atomic E-state index is -0.363. The van der Waals surface area contributed by atoms with Gasteiger partial charge in [0, 0.05) is 0 Å². The summed E-state index contributed by atoms with van der Waals surface area (Å²) < 4.78 is 15.2. The molecule has 2 aromatic carbocycles. The maximum absolute atomic E-state index is 13.1. The Labute approximate surface area is 159 Å². The van der Waals surface area contributed by atoms with E-state index in [1.54, 1.807) is 24.3 Å². The van der Waals surface area contributed by atoms with Crippen LogP contribution < -0.4 is 14.8 Å². The zero-order valence-electron chi connectivity index (χ0n) is 14.4. The van der Waals surface area contributed by atoms with Crippen LogP contribution in [-0.2, 0) is 6.42 Å². The van der Waals surface area contributed by atoms with Gasteiger partial charge in [0.15, 0.2) is 5.57 Å². The molecular weight excluding hydrogens is 361 g/mol. The maximum Gasteiger partial charge on any atom is 0.273 e. The average molecular weight is 375 g/mol. The number of nitriles is 2. The zero-order chi connectivity index (χ0) is 19.4. The molecule has 1 aromatic heterocycles. The molecule has 1 heterocycles. The third kappa shape index (κ3) is 3.57. The second-order valence-corrected chi connectivity index (χ2v) is 6.72. The van der Waals surface area contributed by atoms with Crippen molar-refractivity contribution in [2.24, 2.45) is 0 Å². The Kier molecular flexibility index (Phi) is 5.30. The molecule has 0 radical (unpaired) electrons. The van der Waals surface area contributed by atoms with Crippen LogP contribution in [0.1, 0.15) is 18.1 Å². The lowest BCUT2D eigenvalue weighted by Gasteiger charge is -2.08. The smallest absolute Gasteiger partial charge is 0.267 e. The molecule has 0 amide bonds. The Balaban J connectivity index is 2.41. The van der Waals surface area contributed by atoms with Gasteiger partial charge in [-0.3, -0.25) is 9.36 Å². The Hall–Kier alpha value is -3.48. The Morgan fingerprint density at radius 1 is 1.15 bits per heavy atom. The van der Waals surface area contributed by atoms with Crippen LogP contribution in [0.4, 0.5) is 4.39 Å². The number of para-hydroxylation sites is 1. The second-order valence-electron chi connectivity index (χ2n) is 5.69. The number of nitrogens with zero attached hydrogens (tertiary/aromatic N) is 3. The van der Waals surface area contributed by atoms with E-state index in [4.69, 9.17) is 0 Å². The van der Waals surface area contributed by atoms with Gasteiger partial charge in [0.25, 0.3) is 5.56 Å². The predicted molar refractivity (Wildman–Crippen MR) is 103 cm³/mol. The Morgan fingerprint density at radius 3 is 2.44 bits per heavy atom. The minimum absolute atomic E-state index is 0.123. The van der Waals surface area contributed by atoms with E-state index in [2.05, 4.69) is 0 Å². The molecule has 0 aliphatic heterocycles. The first kappa shape index (κ1) is 18.3. The van der Waals surface area contributed by atoms with Crippen LogP contribution >= 0.6 is 11.3 Å². The monoisotopic (exact) mass is 375 g/mol. The molecule has 0 fully saturated rings. The van der Waals surface area contributed by atoms with Gasteiger partial charge in [0.1, 0.15) is 22.6 Å². The first-order valence-electron chi connectivity index (χ1n) is 8.21. The van der Waals surface area contributed by atoms with Crippen LogP contribution in [0.2, 0.25) is 0 Å². The first-order chi connectivity index (χ1) is 13.1. The summed E-state index contributed by atoms with van der Waals surface area (Å²) in [5.74, 6) is -0.363. The molecule has 0 aliphatic carbocycles. The summed E-state index contributed by atoms with van der Waals surface area (Å²) in [6.07, 6.45) is 2.33. The van der Waals surface area contributed by atoms with Gasteiger partial charge in [-0.15, -0.1) is 11.3 Å². The molecule has 0 atom stereocenters. The largest absolute Gasteiger partial charge is 0.273 e. The van der Waals surface area contributed by atoms with Gasteiger partial charge in [-0.25, -0.2) is 4.39 Å². The summed E-state index contributed by atoms with van der Waals surface area (Å²) in [6.45, 7) is 1.97. The van der Waals surface area contributed by atoms with Crippen molar-refractivity contribution in [2.75, 3.05) is 0 Å². The van der Waals surface area contributed by atoms with Crippen molar-refractivity contribution in [3.05, 3.63) is 85.0 Å². The fraction of sp³-hybridized carbons (Fsp3) is 0.0952. The number of hydrogen-bond donors (Lipinski definition) is 0. The number of aromatic nitrogens is 1. The molecule has 0 saturated carbocycles. The van der Waals surface area contributed by atoms with E-state index in [1.807, 2.05) is 37.3 Å². The van der Waals surface area contributed by atoms with Gasteiger partial charge >= 0.3 is 0 Å². The predicted octanol–water partition coefficient (Wildman–Crippen LogP) is 2.63. The number of benzene rings is 2. The molecule has 132 valence electrons. The van der Waals surface area contributed by atoms with Crippen LogP contribution in [0.15, 0.2) is 53.3 Å². The van der Waals surface area contributed by atoms with Crippen LogP contribution in [0.5, 0.6) is 0 Å². The molecule has 0 unspecified atom stereocenters. The highest BCUT2D eigenvalue weighted by Gasteiger charge is 2.13. The highest BCUT2D eigenvalue weighted by atomic mass is 32.1. The lowest BCUT2D eigenvalue weighted by Crippen LogP contribution is -2.31. The second kappa shape index (κ2) is 7.82. The summed E-state index contributed by atoms with van der Waals surface area (Å²) >= 11 is 1.08. The number of aryl methyl sites for hydroxylation is 1. The topological polar surface area (TPSA) is 69.6 Å².